The van der Waals surface area contributed by atoms with Gasteiger partial charge in [0.2, 0.25) is 5.91 Å². The van der Waals surface area contributed by atoms with Gasteiger partial charge in [-0.05, 0) is 45.1 Å². The number of hydrogen-bond acceptors (Lipinski definition) is 4. The van der Waals surface area contributed by atoms with E-state index in [9.17, 15) is 19.5 Å². The van der Waals surface area contributed by atoms with E-state index in [1.807, 2.05) is 30.3 Å². The Morgan fingerprint density at radius 1 is 1.14 bits per heavy atom. The molecule has 7 nitrogen and oxygen atoms in total. The number of ether oxygens (including phenoxy) is 1. The van der Waals surface area contributed by atoms with E-state index >= 15 is 0 Å². The van der Waals surface area contributed by atoms with Crippen LogP contribution in [-0.4, -0.2) is 41.3 Å². The highest BCUT2D eigenvalue weighted by Crippen LogP contribution is 2.29. The molecule has 1 aromatic carbocycles. The van der Waals surface area contributed by atoms with E-state index < -0.39 is 29.6 Å². The van der Waals surface area contributed by atoms with Crippen molar-refractivity contribution in [1.82, 2.24) is 10.6 Å². The Labute approximate surface area is 172 Å². The van der Waals surface area contributed by atoms with Crippen molar-refractivity contribution in [2.75, 3.05) is 6.54 Å². The number of alkyl carbamates (subject to hydrolysis) is 1. The van der Waals surface area contributed by atoms with Gasteiger partial charge in [-0.1, -0.05) is 43.2 Å². The molecule has 3 N–H and O–H groups in total. The van der Waals surface area contributed by atoms with Crippen molar-refractivity contribution < 1.29 is 24.2 Å². The van der Waals surface area contributed by atoms with Gasteiger partial charge in [-0.15, -0.1) is 0 Å². The Hall–Kier alpha value is -2.57. The zero-order valence-corrected chi connectivity index (χ0v) is 17.4. The van der Waals surface area contributed by atoms with Crippen molar-refractivity contribution in [3.63, 3.8) is 0 Å². The van der Waals surface area contributed by atoms with E-state index in [4.69, 9.17) is 4.74 Å². The summed E-state index contributed by atoms with van der Waals surface area (Å²) >= 11 is 0. The summed E-state index contributed by atoms with van der Waals surface area (Å²) in [6.45, 7) is 5.56. The first-order valence-electron chi connectivity index (χ1n) is 10.2. The third-order valence-corrected chi connectivity index (χ3v) is 5.05. The van der Waals surface area contributed by atoms with Crippen LogP contribution in [0.15, 0.2) is 30.3 Å². The molecular formula is C22H32N2O5. The molecule has 1 saturated carbocycles. The third-order valence-electron chi connectivity index (χ3n) is 5.05. The van der Waals surface area contributed by atoms with Crippen LogP contribution in [0.3, 0.4) is 0 Å². The second-order valence-electron chi connectivity index (χ2n) is 8.62. The number of amides is 2. The number of carbonyl (C=O) groups is 3. The van der Waals surface area contributed by atoms with Crippen molar-refractivity contribution in [1.29, 1.82) is 0 Å². The molecule has 7 heteroatoms. The van der Waals surface area contributed by atoms with Crippen LogP contribution in [0.5, 0.6) is 0 Å². The summed E-state index contributed by atoms with van der Waals surface area (Å²) < 4.78 is 5.29. The molecule has 2 rings (SSSR count). The molecule has 29 heavy (non-hydrogen) atoms. The number of carbonyl (C=O) groups excluding carboxylic acids is 2. The molecule has 0 spiro atoms. The van der Waals surface area contributed by atoms with Crippen LogP contribution in [0, 0.1) is 11.8 Å². The summed E-state index contributed by atoms with van der Waals surface area (Å²) in [7, 11) is 0. The summed E-state index contributed by atoms with van der Waals surface area (Å²) in [5, 5.41) is 14.9. The highest BCUT2D eigenvalue weighted by Gasteiger charge is 2.32. The van der Waals surface area contributed by atoms with E-state index in [2.05, 4.69) is 10.6 Å². The third kappa shape index (κ3) is 7.75. The maximum Gasteiger partial charge on any atom is 0.408 e. The quantitative estimate of drug-likeness (QED) is 0.648. The minimum Gasteiger partial charge on any atom is -0.481 e. The first-order chi connectivity index (χ1) is 13.7. The van der Waals surface area contributed by atoms with Crippen LogP contribution >= 0.6 is 0 Å². The monoisotopic (exact) mass is 404 g/mol. The fourth-order valence-electron chi connectivity index (χ4n) is 3.64. The average Bonchev–Trinajstić information content (AvgIpc) is 2.65. The largest absolute Gasteiger partial charge is 0.481 e. The number of nitrogens with one attached hydrogen (secondary N) is 2. The van der Waals surface area contributed by atoms with Gasteiger partial charge in [0, 0.05) is 13.0 Å². The van der Waals surface area contributed by atoms with Gasteiger partial charge in [-0.3, -0.25) is 9.59 Å². The smallest absolute Gasteiger partial charge is 0.408 e. The molecule has 3 atom stereocenters. The summed E-state index contributed by atoms with van der Waals surface area (Å²) in [6.07, 6.45) is 2.94. The van der Waals surface area contributed by atoms with Crippen molar-refractivity contribution in [2.24, 2.45) is 11.8 Å². The number of carboxylic acids is 1. The number of rotatable bonds is 7. The van der Waals surface area contributed by atoms with Crippen molar-refractivity contribution in [3.05, 3.63) is 35.9 Å². The second-order valence-corrected chi connectivity index (χ2v) is 8.62. The van der Waals surface area contributed by atoms with Gasteiger partial charge in [0.05, 0.1) is 5.92 Å². The van der Waals surface area contributed by atoms with E-state index in [0.717, 1.165) is 24.8 Å². The Morgan fingerprint density at radius 3 is 2.41 bits per heavy atom. The van der Waals surface area contributed by atoms with Gasteiger partial charge in [0.1, 0.15) is 11.6 Å². The van der Waals surface area contributed by atoms with Crippen molar-refractivity contribution >= 4 is 18.0 Å². The summed E-state index contributed by atoms with van der Waals surface area (Å²) in [5.41, 5.74) is 0.235. The normalized spacial score (nSPS) is 20.4. The Balaban J connectivity index is 2.02. The van der Waals surface area contributed by atoms with Gasteiger partial charge in [0.25, 0.3) is 0 Å². The number of benzene rings is 1. The lowest BCUT2D eigenvalue weighted by Gasteiger charge is -2.29. The van der Waals surface area contributed by atoms with Gasteiger partial charge in [-0.25, -0.2) is 4.79 Å². The zero-order chi connectivity index (χ0) is 21.4. The molecule has 1 aromatic rings. The molecule has 160 valence electrons. The molecule has 2 amide bonds. The summed E-state index contributed by atoms with van der Waals surface area (Å²) in [5.74, 6) is -1.68. The fourth-order valence-corrected chi connectivity index (χ4v) is 3.64. The van der Waals surface area contributed by atoms with Gasteiger partial charge in [0.15, 0.2) is 0 Å². The lowest BCUT2D eigenvalue weighted by Crippen LogP contribution is -2.50. The standard InChI is InChI=1S/C22H32N2O5/c1-22(2,3)29-21(28)24-18(13-15-9-5-4-6-10-15)19(25)23-14-16-11-7-8-12-17(16)20(26)27/h4-6,9-10,16-18H,7-8,11-14H2,1-3H3,(H,23,25)(H,24,28)(H,26,27)/t16-,17-,18?/m0/s1. The van der Waals surface area contributed by atoms with E-state index in [0.29, 0.717) is 12.8 Å². The molecule has 0 saturated heterocycles. The van der Waals surface area contributed by atoms with Gasteiger partial charge in [-0.2, -0.15) is 0 Å². The first-order valence-corrected chi connectivity index (χ1v) is 10.2. The van der Waals surface area contributed by atoms with E-state index in [1.54, 1.807) is 20.8 Å². The second kappa shape index (κ2) is 10.3. The molecule has 1 aliphatic carbocycles. The Kier molecular flexibility index (Phi) is 8.05. The Bertz CT molecular complexity index is 699. The summed E-state index contributed by atoms with van der Waals surface area (Å²) in [6, 6.07) is 8.60. The lowest BCUT2D eigenvalue weighted by atomic mass is 9.79. The molecular weight excluding hydrogens is 372 g/mol. The lowest BCUT2D eigenvalue weighted by molar-refractivity contribution is -0.145. The summed E-state index contributed by atoms with van der Waals surface area (Å²) in [4.78, 5) is 36.5. The molecule has 0 aliphatic heterocycles. The molecule has 0 aromatic heterocycles. The highest BCUT2D eigenvalue weighted by atomic mass is 16.6. The van der Waals surface area contributed by atoms with Crippen LogP contribution < -0.4 is 10.6 Å². The van der Waals surface area contributed by atoms with Crippen molar-refractivity contribution in [2.45, 2.75) is 64.5 Å². The predicted octanol–water partition coefficient (Wildman–Crippen LogP) is 3.13. The molecule has 0 bridgehead atoms. The van der Waals surface area contributed by atoms with Crippen LogP contribution in [0.2, 0.25) is 0 Å². The molecule has 1 unspecified atom stereocenters. The minimum absolute atomic E-state index is 0.0934. The minimum atomic E-state index is -0.809. The Morgan fingerprint density at radius 2 is 1.79 bits per heavy atom. The zero-order valence-electron chi connectivity index (χ0n) is 17.4. The maximum absolute atomic E-state index is 12.8. The van der Waals surface area contributed by atoms with Crippen LogP contribution in [0.25, 0.3) is 0 Å². The van der Waals surface area contributed by atoms with E-state index in [1.165, 1.54) is 0 Å². The van der Waals surface area contributed by atoms with E-state index in [-0.39, 0.29) is 18.4 Å². The van der Waals surface area contributed by atoms with Crippen molar-refractivity contribution in [3.8, 4) is 0 Å². The van der Waals surface area contributed by atoms with Crippen LogP contribution in [0.1, 0.15) is 52.0 Å². The molecule has 1 fully saturated rings. The predicted molar refractivity (Wildman–Crippen MR) is 109 cm³/mol. The first kappa shape index (κ1) is 22.7. The number of hydrogen-bond donors (Lipinski definition) is 3. The maximum atomic E-state index is 12.8. The highest BCUT2D eigenvalue weighted by molar-refractivity contribution is 5.86. The molecule has 0 heterocycles. The SMILES string of the molecule is CC(C)(C)OC(=O)NC(Cc1ccccc1)C(=O)NC[C@@H]1CCCC[C@@H]1C(=O)O. The molecule has 1 aliphatic rings. The average molecular weight is 405 g/mol. The fraction of sp³-hybridized carbons (Fsp3) is 0.591. The van der Waals surface area contributed by atoms with Gasteiger partial charge >= 0.3 is 12.1 Å². The number of carboxylic acid groups (broad SMARTS) is 1. The van der Waals surface area contributed by atoms with Crippen LogP contribution in [0.4, 0.5) is 4.79 Å². The van der Waals surface area contributed by atoms with Gasteiger partial charge < -0.3 is 20.5 Å². The molecule has 0 radical (unpaired) electrons. The number of aliphatic carboxylic acids is 1. The van der Waals surface area contributed by atoms with Crippen LogP contribution in [-0.2, 0) is 20.7 Å². The topological polar surface area (TPSA) is 105 Å².